The van der Waals surface area contributed by atoms with E-state index in [9.17, 15) is 22.4 Å². The van der Waals surface area contributed by atoms with Crippen molar-refractivity contribution in [3.8, 4) is 0 Å². The third-order valence-electron chi connectivity index (χ3n) is 3.74. The van der Waals surface area contributed by atoms with Crippen molar-refractivity contribution in [2.45, 2.75) is 12.6 Å². The SMILES string of the molecule is CN=C(NCCc1ccc(C(F)(F)F)cc1)NCC(=O)Nc1cccc(F)c1.I. The average Bonchev–Trinajstić information content (AvgIpc) is 2.64. The van der Waals surface area contributed by atoms with Crippen LogP contribution in [0.2, 0.25) is 0 Å². The van der Waals surface area contributed by atoms with Gasteiger partial charge in [0, 0.05) is 19.3 Å². The Bertz CT molecular complexity index is 826. The second kappa shape index (κ2) is 11.6. The van der Waals surface area contributed by atoms with E-state index < -0.39 is 17.6 Å². The maximum atomic E-state index is 13.1. The van der Waals surface area contributed by atoms with Crippen molar-refractivity contribution < 1.29 is 22.4 Å². The molecule has 5 nitrogen and oxygen atoms in total. The molecule has 0 radical (unpaired) electrons. The highest BCUT2D eigenvalue weighted by molar-refractivity contribution is 14.0. The zero-order valence-corrected chi connectivity index (χ0v) is 17.8. The summed E-state index contributed by atoms with van der Waals surface area (Å²) in [7, 11) is 1.53. The van der Waals surface area contributed by atoms with E-state index in [4.69, 9.17) is 0 Å². The van der Waals surface area contributed by atoms with Crippen molar-refractivity contribution in [1.29, 1.82) is 0 Å². The van der Waals surface area contributed by atoms with E-state index in [1.54, 1.807) is 6.07 Å². The first-order chi connectivity index (χ1) is 13.3. The van der Waals surface area contributed by atoms with Crippen molar-refractivity contribution in [3.63, 3.8) is 0 Å². The first-order valence-corrected chi connectivity index (χ1v) is 8.44. The number of hydrogen-bond acceptors (Lipinski definition) is 2. The second-order valence-corrected chi connectivity index (χ2v) is 5.86. The van der Waals surface area contributed by atoms with Gasteiger partial charge in [0.2, 0.25) is 5.91 Å². The molecule has 3 N–H and O–H groups in total. The van der Waals surface area contributed by atoms with Gasteiger partial charge in [-0.3, -0.25) is 9.79 Å². The van der Waals surface area contributed by atoms with E-state index in [0.29, 0.717) is 24.6 Å². The highest BCUT2D eigenvalue weighted by Gasteiger charge is 2.29. The zero-order valence-electron chi connectivity index (χ0n) is 15.5. The van der Waals surface area contributed by atoms with Crippen molar-refractivity contribution in [2.24, 2.45) is 4.99 Å². The van der Waals surface area contributed by atoms with Gasteiger partial charge in [-0.1, -0.05) is 18.2 Å². The topological polar surface area (TPSA) is 65.5 Å². The Labute approximate surface area is 183 Å². The van der Waals surface area contributed by atoms with E-state index in [0.717, 1.165) is 17.7 Å². The molecule has 0 aliphatic rings. The average molecular weight is 524 g/mol. The molecule has 0 heterocycles. The summed E-state index contributed by atoms with van der Waals surface area (Å²) in [5.41, 5.74) is 0.392. The van der Waals surface area contributed by atoms with Gasteiger partial charge >= 0.3 is 6.18 Å². The number of guanidine groups is 1. The monoisotopic (exact) mass is 524 g/mol. The smallest absolute Gasteiger partial charge is 0.356 e. The molecule has 0 fully saturated rings. The molecule has 29 heavy (non-hydrogen) atoms. The molecule has 10 heteroatoms. The van der Waals surface area contributed by atoms with Crippen LogP contribution in [0.25, 0.3) is 0 Å². The van der Waals surface area contributed by atoms with Gasteiger partial charge in [0.15, 0.2) is 5.96 Å². The van der Waals surface area contributed by atoms with E-state index in [2.05, 4.69) is 20.9 Å². The van der Waals surface area contributed by atoms with Crippen LogP contribution in [0.4, 0.5) is 23.2 Å². The van der Waals surface area contributed by atoms with Crippen LogP contribution in [0.1, 0.15) is 11.1 Å². The number of alkyl halides is 3. The molecule has 0 saturated heterocycles. The third-order valence-corrected chi connectivity index (χ3v) is 3.74. The summed E-state index contributed by atoms with van der Waals surface area (Å²) >= 11 is 0. The molecule has 0 bridgehead atoms. The Morgan fingerprint density at radius 1 is 1.07 bits per heavy atom. The Morgan fingerprint density at radius 3 is 2.34 bits per heavy atom. The van der Waals surface area contributed by atoms with Gasteiger partial charge in [0.05, 0.1) is 12.1 Å². The summed E-state index contributed by atoms with van der Waals surface area (Å²) in [5.74, 6) is -0.468. The van der Waals surface area contributed by atoms with Gasteiger partial charge in [-0.05, 0) is 42.3 Å². The molecule has 0 aliphatic carbocycles. The molecular formula is C19H21F4IN4O. The predicted molar refractivity (Wildman–Crippen MR) is 115 cm³/mol. The molecular weight excluding hydrogens is 503 g/mol. The predicted octanol–water partition coefficient (Wildman–Crippen LogP) is 3.81. The molecule has 2 rings (SSSR count). The minimum atomic E-state index is -4.35. The summed E-state index contributed by atoms with van der Waals surface area (Å²) in [6.45, 7) is 0.326. The molecule has 0 aliphatic heterocycles. The third kappa shape index (κ3) is 8.67. The molecule has 158 valence electrons. The van der Waals surface area contributed by atoms with Crippen LogP contribution >= 0.6 is 24.0 Å². The van der Waals surface area contributed by atoms with Crippen molar-refractivity contribution >= 4 is 41.5 Å². The second-order valence-electron chi connectivity index (χ2n) is 5.86. The summed E-state index contributed by atoms with van der Waals surface area (Å²) in [6.07, 6.45) is -3.87. The van der Waals surface area contributed by atoms with Crippen LogP contribution in [0.5, 0.6) is 0 Å². The number of halogens is 5. The van der Waals surface area contributed by atoms with E-state index in [1.807, 2.05) is 0 Å². The van der Waals surface area contributed by atoms with Crippen LogP contribution in [0.15, 0.2) is 53.5 Å². The molecule has 0 atom stereocenters. The lowest BCUT2D eigenvalue weighted by Crippen LogP contribution is -2.42. The van der Waals surface area contributed by atoms with Crippen LogP contribution in [-0.4, -0.2) is 32.0 Å². The highest BCUT2D eigenvalue weighted by atomic mass is 127. The number of rotatable bonds is 6. The van der Waals surface area contributed by atoms with Gasteiger partial charge in [0.25, 0.3) is 0 Å². The van der Waals surface area contributed by atoms with E-state index >= 15 is 0 Å². The van der Waals surface area contributed by atoms with Crippen molar-refractivity contribution in [2.75, 3.05) is 25.5 Å². The number of hydrogen-bond donors (Lipinski definition) is 3. The number of carbonyl (C=O) groups is 1. The van der Waals surface area contributed by atoms with Crippen molar-refractivity contribution in [1.82, 2.24) is 10.6 Å². The number of nitrogens with zero attached hydrogens (tertiary/aromatic N) is 1. The Balaban J connectivity index is 0.00000420. The zero-order chi connectivity index (χ0) is 20.6. The lowest BCUT2D eigenvalue weighted by atomic mass is 10.1. The normalized spacial score (nSPS) is 11.4. The largest absolute Gasteiger partial charge is 0.416 e. The first kappa shape index (κ1) is 24.7. The number of aliphatic imine (C=N–C) groups is 1. The van der Waals surface area contributed by atoms with Crippen LogP contribution in [0, 0.1) is 5.82 Å². The molecule has 0 saturated carbocycles. The van der Waals surface area contributed by atoms with Crippen LogP contribution in [-0.2, 0) is 17.4 Å². The Kier molecular flexibility index (Phi) is 9.86. The van der Waals surface area contributed by atoms with E-state index in [1.165, 1.54) is 37.4 Å². The van der Waals surface area contributed by atoms with Crippen molar-refractivity contribution in [3.05, 3.63) is 65.5 Å². The maximum Gasteiger partial charge on any atom is 0.416 e. The summed E-state index contributed by atoms with van der Waals surface area (Å²) in [4.78, 5) is 15.8. The number of carbonyl (C=O) groups excluding carboxylic acids is 1. The minimum Gasteiger partial charge on any atom is -0.356 e. The molecule has 2 aromatic carbocycles. The highest BCUT2D eigenvalue weighted by Crippen LogP contribution is 2.29. The van der Waals surface area contributed by atoms with Gasteiger partial charge in [-0.15, -0.1) is 24.0 Å². The number of amides is 1. The fourth-order valence-electron chi connectivity index (χ4n) is 2.34. The first-order valence-electron chi connectivity index (χ1n) is 8.44. The van der Waals surface area contributed by atoms with Gasteiger partial charge in [-0.2, -0.15) is 13.2 Å². The lowest BCUT2D eigenvalue weighted by Gasteiger charge is -2.12. The summed E-state index contributed by atoms with van der Waals surface area (Å²) in [5, 5.41) is 8.32. The molecule has 2 aromatic rings. The maximum absolute atomic E-state index is 13.1. The summed E-state index contributed by atoms with van der Waals surface area (Å²) in [6, 6.07) is 10.5. The van der Waals surface area contributed by atoms with E-state index in [-0.39, 0.29) is 36.4 Å². The van der Waals surface area contributed by atoms with Gasteiger partial charge < -0.3 is 16.0 Å². The number of benzene rings is 2. The Morgan fingerprint density at radius 2 is 1.76 bits per heavy atom. The molecule has 0 aromatic heterocycles. The standard InChI is InChI=1S/C19H20F4N4O.HI/c1-24-18(26-12-17(28)27-16-4-2-3-15(20)11-16)25-10-9-13-5-7-14(8-6-13)19(21,22)23;/h2-8,11H,9-10,12H2,1H3,(H,27,28)(H2,24,25,26);1H. The lowest BCUT2D eigenvalue weighted by molar-refractivity contribution is -0.137. The minimum absolute atomic E-state index is 0. The Hall–Kier alpha value is -2.37. The fraction of sp³-hybridized carbons (Fsp3) is 0.263. The van der Waals surface area contributed by atoms with Crippen LogP contribution < -0.4 is 16.0 Å². The summed E-state index contributed by atoms with van der Waals surface area (Å²) < 4.78 is 50.7. The van der Waals surface area contributed by atoms with Gasteiger partial charge in [-0.25, -0.2) is 4.39 Å². The van der Waals surface area contributed by atoms with Gasteiger partial charge in [0.1, 0.15) is 5.82 Å². The molecule has 1 amide bonds. The number of anilines is 1. The van der Waals surface area contributed by atoms with Crippen LogP contribution in [0.3, 0.4) is 0 Å². The molecule has 0 unspecified atom stereocenters. The fourth-order valence-corrected chi connectivity index (χ4v) is 2.34. The molecule has 0 spiro atoms. The number of nitrogens with one attached hydrogen (secondary N) is 3. The quantitative estimate of drug-likeness (QED) is 0.233.